The third-order valence-electron chi connectivity index (χ3n) is 6.42. The van der Waals surface area contributed by atoms with Gasteiger partial charge in [0.1, 0.15) is 23.0 Å². The molecule has 3 aromatic carbocycles. The monoisotopic (exact) mass is 504 g/mol. The van der Waals surface area contributed by atoms with E-state index in [9.17, 15) is 9.90 Å². The van der Waals surface area contributed by atoms with Gasteiger partial charge < -0.3 is 26.0 Å². The lowest BCUT2D eigenvalue weighted by atomic mass is 9.98. The number of carboxylic acids is 1. The van der Waals surface area contributed by atoms with Crippen molar-refractivity contribution < 1.29 is 19.4 Å². The van der Waals surface area contributed by atoms with Crippen LogP contribution >= 0.6 is 0 Å². The number of carbonyl (C=O) groups is 1. The minimum Gasteiger partial charge on any atom is -0.478 e. The van der Waals surface area contributed by atoms with Crippen molar-refractivity contribution in [3.8, 4) is 23.0 Å². The third-order valence-corrected chi connectivity index (χ3v) is 6.42. The van der Waals surface area contributed by atoms with Crippen LogP contribution in [0, 0.1) is 0 Å². The molecule has 0 atom stereocenters. The zero-order valence-corrected chi connectivity index (χ0v) is 21.9. The Balaban J connectivity index is 1.72. The van der Waals surface area contributed by atoms with Gasteiger partial charge in [0, 0.05) is 23.0 Å². The molecule has 0 radical (unpaired) electrons. The van der Waals surface area contributed by atoms with Crippen LogP contribution in [0.5, 0.6) is 23.0 Å². The van der Waals surface area contributed by atoms with Crippen molar-refractivity contribution in [3.05, 3.63) is 71.8 Å². The molecule has 0 aliphatic carbocycles. The highest BCUT2D eigenvalue weighted by molar-refractivity contribution is 5.91. The molecule has 0 fully saturated rings. The summed E-state index contributed by atoms with van der Waals surface area (Å²) in [6.07, 6.45) is 12.8. The number of ether oxygens (including phenoxy) is 2. The van der Waals surface area contributed by atoms with Gasteiger partial charge in [0.2, 0.25) is 0 Å². The average molecular weight is 505 g/mol. The fraction of sp³-hybridized carbons (Fsp3) is 0.387. The number of hydrogen-bond acceptors (Lipinski definition) is 5. The van der Waals surface area contributed by atoms with E-state index in [1.165, 1.54) is 44.9 Å². The Labute approximate surface area is 220 Å². The van der Waals surface area contributed by atoms with Gasteiger partial charge >= 0.3 is 5.97 Å². The maximum atomic E-state index is 12.3. The largest absolute Gasteiger partial charge is 0.478 e. The molecule has 198 valence electrons. The van der Waals surface area contributed by atoms with E-state index in [1.807, 2.05) is 0 Å². The normalized spacial score (nSPS) is 10.8. The molecule has 0 aromatic heterocycles. The van der Waals surface area contributed by atoms with E-state index in [-0.39, 0.29) is 5.56 Å². The molecule has 0 aliphatic heterocycles. The van der Waals surface area contributed by atoms with Crippen LogP contribution in [0.1, 0.15) is 87.1 Å². The van der Waals surface area contributed by atoms with Crippen molar-refractivity contribution >= 4 is 17.3 Å². The Morgan fingerprint density at radius 3 is 1.68 bits per heavy atom. The molecule has 37 heavy (non-hydrogen) atoms. The number of nitrogen functional groups attached to an aromatic ring is 2. The predicted octanol–water partition coefficient (Wildman–Crippen LogP) is 8.60. The van der Waals surface area contributed by atoms with Crippen molar-refractivity contribution in [2.45, 2.75) is 77.6 Å². The maximum absolute atomic E-state index is 12.3. The molecule has 0 spiro atoms. The molecule has 0 saturated carbocycles. The van der Waals surface area contributed by atoms with Crippen molar-refractivity contribution in [1.82, 2.24) is 0 Å². The molecule has 0 amide bonds. The third kappa shape index (κ3) is 9.37. The van der Waals surface area contributed by atoms with E-state index in [1.54, 1.807) is 60.7 Å². The molecule has 0 bridgehead atoms. The minimum absolute atomic E-state index is 0.189. The molecular formula is C31H40N2O4. The number of anilines is 2. The lowest BCUT2D eigenvalue weighted by Gasteiger charge is -2.17. The Morgan fingerprint density at radius 2 is 1.16 bits per heavy atom. The molecule has 5 N–H and O–H groups in total. The Hall–Kier alpha value is -3.67. The molecule has 0 saturated heterocycles. The van der Waals surface area contributed by atoms with Crippen LogP contribution in [-0.4, -0.2) is 11.1 Å². The van der Waals surface area contributed by atoms with E-state index < -0.39 is 5.97 Å². The fourth-order valence-electron chi connectivity index (χ4n) is 4.34. The van der Waals surface area contributed by atoms with E-state index >= 15 is 0 Å². The lowest BCUT2D eigenvalue weighted by Crippen LogP contribution is -2.06. The predicted molar refractivity (Wildman–Crippen MR) is 151 cm³/mol. The first kappa shape index (κ1) is 27.9. The molecule has 3 aromatic rings. The molecule has 0 unspecified atom stereocenters. The second kappa shape index (κ2) is 14.8. The van der Waals surface area contributed by atoms with Gasteiger partial charge in [-0.1, -0.05) is 64.7 Å². The smallest absolute Gasteiger partial charge is 0.336 e. The summed E-state index contributed by atoms with van der Waals surface area (Å²) >= 11 is 0. The summed E-state index contributed by atoms with van der Waals surface area (Å²) in [6, 6.07) is 17.3. The number of nitrogens with two attached hydrogens (primary N) is 2. The summed E-state index contributed by atoms with van der Waals surface area (Å²) < 4.78 is 12.1. The Kier molecular flexibility index (Phi) is 11.2. The first-order chi connectivity index (χ1) is 18.0. The fourth-order valence-corrected chi connectivity index (χ4v) is 4.34. The topological polar surface area (TPSA) is 108 Å². The molecule has 0 aliphatic rings. The SMILES string of the molecule is CCCCCCCCCCCCc1c(Oc2ccc(N)cc2)cc(Oc2ccc(N)cc2)cc1C(=O)O. The maximum Gasteiger partial charge on any atom is 0.336 e. The number of hydrogen-bond donors (Lipinski definition) is 3. The van der Waals surface area contributed by atoms with Gasteiger partial charge in [-0.25, -0.2) is 4.79 Å². The van der Waals surface area contributed by atoms with Gasteiger partial charge in [-0.05, 0) is 67.4 Å². The van der Waals surface area contributed by atoms with Gasteiger partial charge in [0.25, 0.3) is 0 Å². The molecular weight excluding hydrogens is 464 g/mol. The van der Waals surface area contributed by atoms with E-state index in [4.69, 9.17) is 20.9 Å². The van der Waals surface area contributed by atoms with Gasteiger partial charge in [-0.2, -0.15) is 0 Å². The first-order valence-corrected chi connectivity index (χ1v) is 13.4. The second-order valence-corrected chi connectivity index (χ2v) is 9.53. The number of unbranched alkanes of at least 4 members (excludes halogenated alkanes) is 9. The van der Waals surface area contributed by atoms with Crippen molar-refractivity contribution in [2.24, 2.45) is 0 Å². The van der Waals surface area contributed by atoms with Crippen molar-refractivity contribution in [3.63, 3.8) is 0 Å². The van der Waals surface area contributed by atoms with Crippen molar-refractivity contribution in [2.75, 3.05) is 11.5 Å². The molecule has 6 heteroatoms. The Bertz CT molecular complexity index is 1110. The second-order valence-electron chi connectivity index (χ2n) is 9.53. The van der Waals surface area contributed by atoms with Crippen LogP contribution < -0.4 is 20.9 Å². The van der Waals surface area contributed by atoms with Crippen LogP contribution in [0.15, 0.2) is 60.7 Å². The summed E-state index contributed by atoms with van der Waals surface area (Å²) in [4.78, 5) is 12.3. The Morgan fingerprint density at radius 1 is 0.676 bits per heavy atom. The summed E-state index contributed by atoms with van der Waals surface area (Å²) in [6.45, 7) is 2.24. The van der Waals surface area contributed by atoms with Crippen molar-refractivity contribution in [1.29, 1.82) is 0 Å². The van der Waals surface area contributed by atoms with Gasteiger partial charge in [0.05, 0.1) is 5.56 Å². The molecule has 0 heterocycles. The van der Waals surface area contributed by atoms with Gasteiger partial charge in [-0.15, -0.1) is 0 Å². The van der Waals surface area contributed by atoms with Gasteiger partial charge in [-0.3, -0.25) is 0 Å². The number of aromatic carboxylic acids is 1. The number of carboxylic acid groups (broad SMARTS) is 1. The first-order valence-electron chi connectivity index (χ1n) is 13.4. The van der Waals surface area contributed by atoms with E-state index in [0.29, 0.717) is 46.4 Å². The zero-order valence-electron chi connectivity index (χ0n) is 21.9. The van der Waals surface area contributed by atoms with Crippen LogP contribution in [-0.2, 0) is 6.42 Å². The highest BCUT2D eigenvalue weighted by Crippen LogP contribution is 2.36. The van der Waals surface area contributed by atoms with Gasteiger partial charge in [0.15, 0.2) is 0 Å². The lowest BCUT2D eigenvalue weighted by molar-refractivity contribution is 0.0694. The standard InChI is InChI=1S/C31H40N2O4/c1-2-3-4-5-6-7-8-9-10-11-12-28-29(31(34)35)21-27(36-25-17-13-23(32)14-18-25)22-30(28)37-26-19-15-24(33)16-20-26/h13-22H,2-12,32-33H2,1H3,(H,34,35). The van der Waals surface area contributed by atoms with Crippen LogP contribution in [0.3, 0.4) is 0 Å². The van der Waals surface area contributed by atoms with Crippen LogP contribution in [0.25, 0.3) is 0 Å². The minimum atomic E-state index is -1.01. The number of benzene rings is 3. The highest BCUT2D eigenvalue weighted by Gasteiger charge is 2.19. The van der Waals surface area contributed by atoms with Crippen LogP contribution in [0.4, 0.5) is 11.4 Å². The van der Waals surface area contributed by atoms with E-state index in [2.05, 4.69) is 6.92 Å². The molecule has 6 nitrogen and oxygen atoms in total. The van der Waals surface area contributed by atoms with Crippen LogP contribution in [0.2, 0.25) is 0 Å². The average Bonchev–Trinajstić information content (AvgIpc) is 2.88. The summed E-state index contributed by atoms with van der Waals surface area (Å²) in [5.74, 6) is 1.00. The number of rotatable bonds is 16. The summed E-state index contributed by atoms with van der Waals surface area (Å²) in [5, 5.41) is 10.0. The zero-order chi connectivity index (χ0) is 26.5. The van der Waals surface area contributed by atoms with E-state index in [0.717, 1.165) is 19.3 Å². The summed E-state index contributed by atoms with van der Waals surface area (Å²) in [7, 11) is 0. The summed E-state index contributed by atoms with van der Waals surface area (Å²) in [5.41, 5.74) is 13.7. The highest BCUT2D eigenvalue weighted by atomic mass is 16.5. The quantitative estimate of drug-likeness (QED) is 0.133. The molecule has 3 rings (SSSR count).